The molecule has 0 amide bonds. The molecule has 1 aromatic heterocycles. The van der Waals surface area contributed by atoms with Crippen molar-refractivity contribution >= 4 is 11.9 Å². The summed E-state index contributed by atoms with van der Waals surface area (Å²) in [6.45, 7) is 6.46. The Morgan fingerprint density at radius 2 is 2.11 bits per heavy atom. The molecule has 0 radical (unpaired) electrons. The number of aromatic nitrogens is 3. The number of nitrogens with zero attached hydrogens (tertiary/aromatic N) is 4. The molecule has 2 rings (SSSR count). The molecule has 2 heterocycles. The van der Waals surface area contributed by atoms with Gasteiger partial charge in [0, 0.05) is 19.6 Å². The zero-order valence-corrected chi connectivity index (χ0v) is 11.4. The van der Waals surface area contributed by atoms with E-state index >= 15 is 0 Å². The van der Waals surface area contributed by atoms with E-state index in [1.165, 1.54) is 12.8 Å². The van der Waals surface area contributed by atoms with Crippen LogP contribution in [0.3, 0.4) is 0 Å². The smallest absolute Gasteiger partial charge is 0.324 e. The van der Waals surface area contributed by atoms with Crippen molar-refractivity contribution in [1.29, 1.82) is 0 Å². The molecule has 19 heavy (non-hydrogen) atoms. The lowest BCUT2D eigenvalue weighted by Crippen LogP contribution is -2.22. The molecule has 1 unspecified atom stereocenters. The summed E-state index contributed by atoms with van der Waals surface area (Å²) in [7, 11) is 0. The second kappa shape index (κ2) is 6.23. The molecular formula is C13H19N5O. The predicted molar refractivity (Wildman–Crippen MR) is 74.4 cm³/mol. The molecule has 1 saturated heterocycles. The van der Waals surface area contributed by atoms with Crippen LogP contribution in [0, 0.1) is 12.3 Å². The fourth-order valence-electron chi connectivity index (χ4n) is 1.89. The largest absolute Gasteiger partial charge is 0.447 e. The first kappa shape index (κ1) is 13.4. The summed E-state index contributed by atoms with van der Waals surface area (Å²) < 4.78 is 5.49. The summed E-state index contributed by atoms with van der Waals surface area (Å²) in [4.78, 5) is 15.1. The Hall–Kier alpha value is -2.03. The normalized spacial score (nSPS) is 15.9. The van der Waals surface area contributed by atoms with Gasteiger partial charge in [0.05, 0.1) is 0 Å². The number of hydrogen-bond acceptors (Lipinski definition) is 6. The van der Waals surface area contributed by atoms with Crippen LogP contribution in [-0.4, -0.2) is 40.7 Å². The van der Waals surface area contributed by atoms with Crippen LogP contribution in [0.5, 0.6) is 6.01 Å². The van der Waals surface area contributed by atoms with E-state index in [0.29, 0.717) is 11.9 Å². The van der Waals surface area contributed by atoms with Gasteiger partial charge >= 0.3 is 6.01 Å². The van der Waals surface area contributed by atoms with E-state index in [-0.39, 0.29) is 12.1 Å². The van der Waals surface area contributed by atoms with Crippen LogP contribution in [0.15, 0.2) is 0 Å². The SMILES string of the molecule is C#CC(C)Oc1nc(NCC)nc(N2CCCC2)n1. The average Bonchev–Trinajstić information content (AvgIpc) is 2.92. The van der Waals surface area contributed by atoms with Crippen molar-refractivity contribution in [3.8, 4) is 18.4 Å². The lowest BCUT2D eigenvalue weighted by atomic mass is 10.4. The topological polar surface area (TPSA) is 63.2 Å². The van der Waals surface area contributed by atoms with E-state index in [9.17, 15) is 0 Å². The molecule has 102 valence electrons. The Morgan fingerprint density at radius 1 is 1.37 bits per heavy atom. The summed E-state index contributed by atoms with van der Waals surface area (Å²) >= 11 is 0. The van der Waals surface area contributed by atoms with Gasteiger partial charge in [0.25, 0.3) is 0 Å². The summed E-state index contributed by atoms with van der Waals surface area (Å²) in [5.41, 5.74) is 0. The van der Waals surface area contributed by atoms with Crippen molar-refractivity contribution < 1.29 is 4.74 Å². The minimum Gasteiger partial charge on any atom is -0.447 e. The molecule has 1 aromatic rings. The quantitative estimate of drug-likeness (QED) is 0.806. The Kier molecular flexibility index (Phi) is 4.39. The average molecular weight is 261 g/mol. The number of rotatable bonds is 5. The highest BCUT2D eigenvalue weighted by atomic mass is 16.5. The monoisotopic (exact) mass is 261 g/mol. The van der Waals surface area contributed by atoms with Gasteiger partial charge in [-0.3, -0.25) is 0 Å². The van der Waals surface area contributed by atoms with Crippen LogP contribution in [0.1, 0.15) is 26.7 Å². The zero-order valence-electron chi connectivity index (χ0n) is 11.4. The van der Waals surface area contributed by atoms with Crippen molar-refractivity contribution in [2.75, 3.05) is 29.9 Å². The third-order valence-corrected chi connectivity index (χ3v) is 2.84. The maximum atomic E-state index is 5.49. The highest BCUT2D eigenvalue weighted by molar-refractivity contribution is 5.39. The Bertz CT molecular complexity index is 465. The number of hydrogen-bond donors (Lipinski definition) is 1. The minimum absolute atomic E-state index is 0.276. The van der Waals surface area contributed by atoms with E-state index in [1.54, 1.807) is 6.92 Å². The summed E-state index contributed by atoms with van der Waals surface area (Å²) in [5, 5.41) is 3.08. The maximum absolute atomic E-state index is 5.49. The second-order valence-electron chi connectivity index (χ2n) is 4.39. The molecule has 1 atom stereocenters. The third-order valence-electron chi connectivity index (χ3n) is 2.84. The molecule has 6 heteroatoms. The molecule has 6 nitrogen and oxygen atoms in total. The molecule has 0 spiro atoms. The van der Waals surface area contributed by atoms with E-state index in [4.69, 9.17) is 11.2 Å². The van der Waals surface area contributed by atoms with Gasteiger partial charge in [0.1, 0.15) is 0 Å². The summed E-state index contributed by atoms with van der Waals surface area (Å²) in [6.07, 6.45) is 7.28. The van der Waals surface area contributed by atoms with E-state index in [0.717, 1.165) is 19.6 Å². The summed E-state index contributed by atoms with van der Waals surface area (Å²) in [6, 6.07) is 0.276. The molecular weight excluding hydrogens is 242 g/mol. The van der Waals surface area contributed by atoms with Gasteiger partial charge in [0.2, 0.25) is 11.9 Å². The number of nitrogens with one attached hydrogen (secondary N) is 1. The van der Waals surface area contributed by atoms with Crippen LogP contribution in [0.4, 0.5) is 11.9 Å². The Morgan fingerprint density at radius 3 is 2.74 bits per heavy atom. The van der Waals surface area contributed by atoms with Gasteiger partial charge in [-0.05, 0) is 26.7 Å². The van der Waals surface area contributed by atoms with Gasteiger partial charge in [0.15, 0.2) is 6.10 Å². The zero-order chi connectivity index (χ0) is 13.7. The summed E-state index contributed by atoms with van der Waals surface area (Å²) in [5.74, 6) is 3.68. The van der Waals surface area contributed by atoms with Crippen LogP contribution >= 0.6 is 0 Å². The first-order valence-electron chi connectivity index (χ1n) is 6.60. The fraction of sp³-hybridized carbons (Fsp3) is 0.615. The van der Waals surface area contributed by atoms with Crippen molar-refractivity contribution in [3.63, 3.8) is 0 Å². The van der Waals surface area contributed by atoms with Crippen LogP contribution in [0.2, 0.25) is 0 Å². The van der Waals surface area contributed by atoms with E-state index in [2.05, 4.69) is 31.1 Å². The number of ether oxygens (including phenoxy) is 1. The van der Waals surface area contributed by atoms with E-state index in [1.807, 2.05) is 6.92 Å². The lowest BCUT2D eigenvalue weighted by molar-refractivity contribution is 0.256. The predicted octanol–water partition coefficient (Wildman–Crippen LogP) is 1.30. The molecule has 1 aliphatic heterocycles. The molecule has 0 saturated carbocycles. The standard InChI is InChI=1S/C13H19N5O/c1-4-10(3)19-13-16-11(14-5-2)15-12(17-13)18-8-6-7-9-18/h1,10H,5-9H2,2-3H3,(H,14,15,16,17). The van der Waals surface area contributed by atoms with Crippen molar-refractivity contribution in [1.82, 2.24) is 15.0 Å². The fourth-order valence-corrected chi connectivity index (χ4v) is 1.89. The Labute approximate surface area is 113 Å². The number of anilines is 2. The van der Waals surface area contributed by atoms with Crippen molar-refractivity contribution in [3.05, 3.63) is 0 Å². The molecule has 1 aliphatic rings. The van der Waals surface area contributed by atoms with Crippen molar-refractivity contribution in [2.24, 2.45) is 0 Å². The van der Waals surface area contributed by atoms with Gasteiger partial charge in [-0.15, -0.1) is 6.42 Å². The van der Waals surface area contributed by atoms with Crippen LogP contribution in [0.25, 0.3) is 0 Å². The molecule has 0 aromatic carbocycles. The van der Waals surface area contributed by atoms with Crippen LogP contribution < -0.4 is 15.0 Å². The second-order valence-corrected chi connectivity index (χ2v) is 4.39. The Balaban J connectivity index is 2.24. The van der Waals surface area contributed by atoms with Crippen LogP contribution in [-0.2, 0) is 0 Å². The van der Waals surface area contributed by atoms with Crippen molar-refractivity contribution in [2.45, 2.75) is 32.8 Å². The van der Waals surface area contributed by atoms with Gasteiger partial charge < -0.3 is 15.0 Å². The first-order chi connectivity index (χ1) is 9.22. The molecule has 1 N–H and O–H groups in total. The molecule has 0 bridgehead atoms. The van der Waals surface area contributed by atoms with E-state index < -0.39 is 0 Å². The highest BCUT2D eigenvalue weighted by Gasteiger charge is 2.18. The third kappa shape index (κ3) is 3.47. The molecule has 1 fully saturated rings. The lowest BCUT2D eigenvalue weighted by Gasteiger charge is -2.17. The highest BCUT2D eigenvalue weighted by Crippen LogP contribution is 2.19. The first-order valence-corrected chi connectivity index (χ1v) is 6.60. The van der Waals surface area contributed by atoms with Gasteiger partial charge in [-0.25, -0.2) is 0 Å². The van der Waals surface area contributed by atoms with Gasteiger partial charge in [-0.1, -0.05) is 5.92 Å². The maximum Gasteiger partial charge on any atom is 0.324 e. The number of terminal acetylenes is 1. The van der Waals surface area contributed by atoms with Gasteiger partial charge in [-0.2, -0.15) is 15.0 Å². The minimum atomic E-state index is -0.358. The molecule has 0 aliphatic carbocycles.